The largest absolute Gasteiger partial charge is 0.493 e. The zero-order chi connectivity index (χ0) is 21.1. The fraction of sp³-hybridized carbons (Fsp3) is 0.300. The van der Waals surface area contributed by atoms with Gasteiger partial charge in [0.2, 0.25) is 5.88 Å². The minimum absolute atomic E-state index is 0.400. The standard InChI is InChI=1S/C20H21N5O5/c1-28-16-8-12(15-3-4-18(29-2)24-23-15)7-13-10-25(5-6-30-19(13)16)11-14-9-17(26)22-20(27)21-14/h3-4,7-9H,5-6,10-11H2,1-2H3,(H2,21,22,26,27). The van der Waals surface area contributed by atoms with Gasteiger partial charge in [0.1, 0.15) is 6.61 Å². The minimum Gasteiger partial charge on any atom is -0.493 e. The maximum Gasteiger partial charge on any atom is 0.325 e. The van der Waals surface area contributed by atoms with Gasteiger partial charge in [-0.3, -0.25) is 14.7 Å². The van der Waals surface area contributed by atoms with Gasteiger partial charge >= 0.3 is 5.69 Å². The second-order valence-corrected chi connectivity index (χ2v) is 6.80. The molecule has 0 bridgehead atoms. The van der Waals surface area contributed by atoms with Crippen molar-refractivity contribution in [3.8, 4) is 28.6 Å². The van der Waals surface area contributed by atoms with Crippen LogP contribution in [0.5, 0.6) is 17.4 Å². The quantitative estimate of drug-likeness (QED) is 0.636. The first-order valence-corrected chi connectivity index (χ1v) is 9.32. The number of aromatic nitrogens is 4. The molecule has 1 aliphatic rings. The highest BCUT2D eigenvalue weighted by atomic mass is 16.5. The third-order valence-electron chi connectivity index (χ3n) is 4.75. The molecule has 2 aromatic heterocycles. The smallest absolute Gasteiger partial charge is 0.325 e. The van der Waals surface area contributed by atoms with E-state index in [0.29, 0.717) is 55.0 Å². The van der Waals surface area contributed by atoms with E-state index in [1.165, 1.54) is 13.2 Å². The molecule has 0 spiro atoms. The van der Waals surface area contributed by atoms with Gasteiger partial charge in [0.05, 0.1) is 19.9 Å². The van der Waals surface area contributed by atoms with Gasteiger partial charge in [0.15, 0.2) is 11.5 Å². The van der Waals surface area contributed by atoms with Crippen LogP contribution in [0, 0.1) is 0 Å². The summed E-state index contributed by atoms with van der Waals surface area (Å²) in [4.78, 5) is 30.1. The molecule has 3 heterocycles. The van der Waals surface area contributed by atoms with Crippen molar-refractivity contribution in [3.05, 3.63) is 62.4 Å². The van der Waals surface area contributed by atoms with E-state index in [1.807, 2.05) is 18.2 Å². The summed E-state index contributed by atoms with van der Waals surface area (Å²) in [6, 6.07) is 8.79. The number of hydrogen-bond donors (Lipinski definition) is 2. The Labute approximate surface area is 171 Å². The van der Waals surface area contributed by atoms with E-state index in [0.717, 1.165) is 11.1 Å². The summed E-state index contributed by atoms with van der Waals surface area (Å²) in [5, 5.41) is 8.24. The number of H-pyrrole nitrogens is 2. The van der Waals surface area contributed by atoms with Crippen LogP contribution in [0.3, 0.4) is 0 Å². The predicted octanol–water partition coefficient (Wildman–Crippen LogP) is 0.932. The summed E-state index contributed by atoms with van der Waals surface area (Å²) in [6.45, 7) is 2.00. The fourth-order valence-corrected chi connectivity index (χ4v) is 3.40. The number of fused-ring (bicyclic) bond motifs is 1. The summed E-state index contributed by atoms with van der Waals surface area (Å²) < 4.78 is 16.6. The summed E-state index contributed by atoms with van der Waals surface area (Å²) >= 11 is 0. The van der Waals surface area contributed by atoms with Gasteiger partial charge in [-0.15, -0.1) is 10.2 Å². The molecule has 30 heavy (non-hydrogen) atoms. The van der Waals surface area contributed by atoms with E-state index >= 15 is 0 Å². The van der Waals surface area contributed by atoms with Gasteiger partial charge in [0.25, 0.3) is 5.56 Å². The summed E-state index contributed by atoms with van der Waals surface area (Å²) in [7, 11) is 3.13. The first-order chi connectivity index (χ1) is 14.6. The lowest BCUT2D eigenvalue weighted by atomic mass is 10.0. The van der Waals surface area contributed by atoms with Crippen LogP contribution in [0.2, 0.25) is 0 Å². The molecule has 0 amide bonds. The molecule has 2 N–H and O–H groups in total. The number of aromatic amines is 2. The van der Waals surface area contributed by atoms with Crippen LogP contribution in [0.25, 0.3) is 11.3 Å². The average Bonchev–Trinajstić information content (AvgIpc) is 2.94. The molecule has 0 fully saturated rings. The normalized spacial score (nSPS) is 13.8. The Morgan fingerprint density at radius 1 is 1.10 bits per heavy atom. The van der Waals surface area contributed by atoms with E-state index in [9.17, 15) is 9.59 Å². The molecule has 4 rings (SSSR count). The highest BCUT2D eigenvalue weighted by Gasteiger charge is 2.21. The van der Waals surface area contributed by atoms with E-state index in [-0.39, 0.29) is 0 Å². The lowest BCUT2D eigenvalue weighted by Crippen LogP contribution is -2.29. The first kappa shape index (κ1) is 19.6. The molecule has 0 unspecified atom stereocenters. The van der Waals surface area contributed by atoms with Gasteiger partial charge in [-0.25, -0.2) is 4.79 Å². The molecule has 0 saturated heterocycles. The molecule has 1 aliphatic heterocycles. The molecule has 3 aromatic rings. The van der Waals surface area contributed by atoms with Crippen LogP contribution < -0.4 is 25.5 Å². The molecule has 10 nitrogen and oxygen atoms in total. The van der Waals surface area contributed by atoms with Gasteiger partial charge < -0.3 is 19.2 Å². The molecule has 156 valence electrons. The van der Waals surface area contributed by atoms with Crippen LogP contribution in [-0.2, 0) is 13.1 Å². The Balaban J connectivity index is 1.66. The third-order valence-corrected chi connectivity index (χ3v) is 4.75. The van der Waals surface area contributed by atoms with E-state index in [4.69, 9.17) is 14.2 Å². The molecular formula is C20H21N5O5. The minimum atomic E-state index is -0.522. The van der Waals surface area contributed by atoms with Crippen LogP contribution in [-0.4, -0.2) is 52.4 Å². The summed E-state index contributed by atoms with van der Waals surface area (Å²) in [6.07, 6.45) is 0. The van der Waals surface area contributed by atoms with Crippen molar-refractivity contribution in [2.24, 2.45) is 0 Å². The maximum absolute atomic E-state index is 11.6. The molecule has 0 radical (unpaired) electrons. The average molecular weight is 411 g/mol. The van der Waals surface area contributed by atoms with Crippen molar-refractivity contribution in [2.75, 3.05) is 27.4 Å². The van der Waals surface area contributed by atoms with Crippen molar-refractivity contribution in [3.63, 3.8) is 0 Å². The lowest BCUT2D eigenvalue weighted by Gasteiger charge is -2.19. The van der Waals surface area contributed by atoms with Gasteiger partial charge in [-0.05, 0) is 18.2 Å². The number of nitrogens with one attached hydrogen (secondary N) is 2. The zero-order valence-corrected chi connectivity index (χ0v) is 16.6. The number of nitrogens with zero attached hydrogens (tertiary/aromatic N) is 3. The molecule has 0 atom stereocenters. The summed E-state index contributed by atoms with van der Waals surface area (Å²) in [5.41, 5.74) is 2.00. The van der Waals surface area contributed by atoms with Crippen LogP contribution in [0.4, 0.5) is 0 Å². The van der Waals surface area contributed by atoms with E-state index in [2.05, 4.69) is 25.1 Å². The summed E-state index contributed by atoms with van der Waals surface area (Å²) in [5.74, 6) is 1.71. The topological polar surface area (TPSA) is 122 Å². The Morgan fingerprint density at radius 3 is 2.67 bits per heavy atom. The van der Waals surface area contributed by atoms with E-state index < -0.39 is 11.2 Å². The van der Waals surface area contributed by atoms with Crippen LogP contribution in [0.15, 0.2) is 39.9 Å². The number of benzene rings is 1. The number of hydrogen-bond acceptors (Lipinski definition) is 8. The second-order valence-electron chi connectivity index (χ2n) is 6.80. The molecule has 0 saturated carbocycles. The van der Waals surface area contributed by atoms with Crippen LogP contribution in [0.1, 0.15) is 11.3 Å². The highest BCUT2D eigenvalue weighted by Crippen LogP contribution is 2.38. The van der Waals surface area contributed by atoms with Crippen molar-refractivity contribution in [1.29, 1.82) is 0 Å². The molecule has 10 heteroatoms. The SMILES string of the molecule is COc1ccc(-c2cc3c(c(OC)c2)OCCN(Cc2cc(=O)[nH]c(=O)[nH]2)C3)nn1. The van der Waals surface area contributed by atoms with Crippen molar-refractivity contribution < 1.29 is 14.2 Å². The monoisotopic (exact) mass is 411 g/mol. The van der Waals surface area contributed by atoms with Crippen molar-refractivity contribution in [1.82, 2.24) is 25.1 Å². The first-order valence-electron chi connectivity index (χ1n) is 9.32. The highest BCUT2D eigenvalue weighted by molar-refractivity contribution is 5.66. The Morgan fingerprint density at radius 2 is 1.97 bits per heavy atom. The Kier molecular flexibility index (Phi) is 5.48. The zero-order valence-electron chi connectivity index (χ0n) is 16.6. The Hall–Kier alpha value is -3.66. The van der Waals surface area contributed by atoms with Crippen LogP contribution >= 0.6 is 0 Å². The third kappa shape index (κ3) is 4.18. The number of rotatable bonds is 5. The fourth-order valence-electron chi connectivity index (χ4n) is 3.40. The number of ether oxygens (including phenoxy) is 3. The van der Waals surface area contributed by atoms with Crippen molar-refractivity contribution in [2.45, 2.75) is 13.1 Å². The Bertz CT molecular complexity index is 1130. The van der Waals surface area contributed by atoms with Gasteiger partial charge in [-0.1, -0.05) is 0 Å². The van der Waals surface area contributed by atoms with Gasteiger partial charge in [-0.2, -0.15) is 0 Å². The lowest BCUT2D eigenvalue weighted by molar-refractivity contribution is 0.215. The van der Waals surface area contributed by atoms with Gasteiger partial charge in [0, 0.05) is 48.6 Å². The molecule has 0 aliphatic carbocycles. The molecular weight excluding hydrogens is 390 g/mol. The molecule has 1 aromatic carbocycles. The van der Waals surface area contributed by atoms with Crippen molar-refractivity contribution >= 4 is 0 Å². The van der Waals surface area contributed by atoms with E-state index in [1.54, 1.807) is 13.2 Å². The second kappa shape index (κ2) is 8.37. The maximum atomic E-state index is 11.6. The predicted molar refractivity (Wildman–Crippen MR) is 108 cm³/mol. The number of methoxy groups -OCH3 is 2.